The van der Waals surface area contributed by atoms with Crippen LogP contribution in [0.3, 0.4) is 0 Å². The van der Waals surface area contributed by atoms with Crippen LogP contribution in [-0.2, 0) is 4.79 Å². The lowest BCUT2D eigenvalue weighted by Gasteiger charge is -2.05. The zero-order chi connectivity index (χ0) is 12.4. The van der Waals surface area contributed by atoms with Gasteiger partial charge in [0.15, 0.2) is 11.5 Å². The molecule has 0 bridgehead atoms. The van der Waals surface area contributed by atoms with Gasteiger partial charge < -0.3 is 15.3 Å². The minimum absolute atomic E-state index is 0.471. The van der Waals surface area contributed by atoms with E-state index < -0.39 is 12.0 Å². The van der Waals surface area contributed by atoms with Gasteiger partial charge in [0, 0.05) is 19.0 Å². The van der Waals surface area contributed by atoms with E-state index in [4.69, 9.17) is 15.3 Å². The predicted molar refractivity (Wildman–Crippen MR) is 62.5 cm³/mol. The minimum atomic E-state index is -1.02. The molecule has 0 fully saturated rings. The van der Waals surface area contributed by atoms with Crippen LogP contribution in [-0.4, -0.2) is 16.1 Å². The van der Waals surface area contributed by atoms with Crippen molar-refractivity contribution in [2.24, 2.45) is 5.73 Å². The number of aryl methyl sites for hydroxylation is 1. The second kappa shape index (κ2) is 4.39. The van der Waals surface area contributed by atoms with Crippen molar-refractivity contribution in [1.82, 2.24) is 4.98 Å². The summed E-state index contributed by atoms with van der Waals surface area (Å²) >= 11 is 0. The average molecular weight is 232 g/mol. The van der Waals surface area contributed by atoms with E-state index in [0.717, 1.165) is 17.2 Å². The zero-order valence-corrected chi connectivity index (χ0v) is 9.25. The number of carboxylic acid groups (broad SMARTS) is 1. The van der Waals surface area contributed by atoms with Crippen molar-refractivity contribution in [3.63, 3.8) is 0 Å². The predicted octanol–water partition coefficient (Wildman–Crippen LogP) is 1.78. The summed E-state index contributed by atoms with van der Waals surface area (Å²) in [5.41, 5.74) is 8.03. The third-order valence-electron chi connectivity index (χ3n) is 2.35. The maximum Gasteiger partial charge on any atom is 0.328 e. The van der Waals surface area contributed by atoms with Crippen molar-refractivity contribution in [3.05, 3.63) is 41.8 Å². The minimum Gasteiger partial charge on any atom is -0.478 e. The Morgan fingerprint density at radius 2 is 2.35 bits per heavy atom. The molecule has 5 nitrogen and oxygen atoms in total. The second-order valence-corrected chi connectivity index (χ2v) is 3.68. The first-order valence-electron chi connectivity index (χ1n) is 5.10. The summed E-state index contributed by atoms with van der Waals surface area (Å²) in [7, 11) is 0. The number of carbonyl (C=O) groups is 1. The van der Waals surface area contributed by atoms with Crippen LogP contribution in [0.25, 0.3) is 11.1 Å². The first-order valence-corrected chi connectivity index (χ1v) is 5.10. The molecule has 88 valence electrons. The molecule has 5 heteroatoms. The summed E-state index contributed by atoms with van der Waals surface area (Å²) in [6.07, 6.45) is 2.45. The Hall–Kier alpha value is -2.14. The lowest BCUT2D eigenvalue weighted by atomic mass is 10.1. The molecule has 0 saturated heterocycles. The molecule has 1 heterocycles. The number of hydrogen-bond donors (Lipinski definition) is 2. The van der Waals surface area contributed by atoms with Crippen LogP contribution in [0.2, 0.25) is 0 Å². The summed E-state index contributed by atoms with van der Waals surface area (Å²) in [6.45, 7) is 1.77. The molecule has 17 heavy (non-hydrogen) atoms. The Morgan fingerprint density at radius 1 is 1.59 bits per heavy atom. The third kappa shape index (κ3) is 2.51. The number of benzene rings is 1. The lowest BCUT2D eigenvalue weighted by molar-refractivity contribution is -0.131. The monoisotopic (exact) mass is 232 g/mol. The molecule has 1 unspecified atom stereocenters. The highest BCUT2D eigenvalue weighted by Gasteiger charge is 2.07. The molecular weight excluding hydrogens is 220 g/mol. The van der Waals surface area contributed by atoms with Gasteiger partial charge in [-0.1, -0.05) is 12.1 Å². The van der Waals surface area contributed by atoms with Crippen molar-refractivity contribution < 1.29 is 14.3 Å². The Balaban J connectivity index is 2.32. The van der Waals surface area contributed by atoms with E-state index in [9.17, 15) is 4.79 Å². The van der Waals surface area contributed by atoms with E-state index in [1.807, 2.05) is 0 Å². The van der Waals surface area contributed by atoms with Gasteiger partial charge in [-0.3, -0.25) is 0 Å². The van der Waals surface area contributed by atoms with Crippen LogP contribution in [0.1, 0.15) is 17.5 Å². The molecule has 2 rings (SSSR count). The molecule has 3 N–H and O–H groups in total. The maximum atomic E-state index is 10.4. The Kier molecular flexibility index (Phi) is 2.93. The molecule has 0 saturated carbocycles. The first-order chi connectivity index (χ1) is 8.06. The fourth-order valence-electron chi connectivity index (χ4n) is 1.56. The van der Waals surface area contributed by atoms with Gasteiger partial charge in [-0.25, -0.2) is 9.78 Å². The summed E-state index contributed by atoms with van der Waals surface area (Å²) in [4.78, 5) is 14.5. The van der Waals surface area contributed by atoms with Crippen molar-refractivity contribution in [2.75, 3.05) is 0 Å². The summed E-state index contributed by atoms with van der Waals surface area (Å²) in [6, 6.07) is 4.91. The zero-order valence-electron chi connectivity index (χ0n) is 9.25. The van der Waals surface area contributed by atoms with E-state index >= 15 is 0 Å². The lowest BCUT2D eigenvalue weighted by Crippen LogP contribution is -2.07. The fourth-order valence-corrected chi connectivity index (χ4v) is 1.56. The molecule has 0 spiro atoms. The Bertz CT molecular complexity index is 586. The van der Waals surface area contributed by atoms with Gasteiger partial charge >= 0.3 is 5.97 Å². The SMILES string of the molecule is Cc1nc2ccc(C(N)/C=C/C(=O)O)cc2o1. The number of nitrogens with two attached hydrogens (primary N) is 1. The standard InChI is InChI=1S/C12H12N2O3/c1-7-14-10-4-2-8(6-11(10)17-7)9(13)3-5-12(15)16/h2-6,9H,13H2,1H3,(H,15,16)/b5-3+. The van der Waals surface area contributed by atoms with Crippen LogP contribution in [0.4, 0.5) is 0 Å². The number of fused-ring (bicyclic) bond motifs is 1. The quantitative estimate of drug-likeness (QED) is 0.787. The van der Waals surface area contributed by atoms with Gasteiger partial charge in [0.05, 0.1) is 0 Å². The van der Waals surface area contributed by atoms with Crippen LogP contribution in [0.5, 0.6) is 0 Å². The van der Waals surface area contributed by atoms with Crippen LogP contribution in [0, 0.1) is 6.92 Å². The van der Waals surface area contributed by atoms with Gasteiger partial charge in [-0.2, -0.15) is 0 Å². The summed E-state index contributed by atoms with van der Waals surface area (Å²) in [5, 5.41) is 8.51. The van der Waals surface area contributed by atoms with Gasteiger partial charge in [-0.05, 0) is 17.7 Å². The summed E-state index contributed by atoms with van der Waals surface area (Å²) in [5.74, 6) is -0.427. The number of nitrogens with zero attached hydrogens (tertiary/aromatic N) is 1. The largest absolute Gasteiger partial charge is 0.478 e. The van der Waals surface area contributed by atoms with E-state index in [0.29, 0.717) is 11.5 Å². The Labute approximate surface area is 97.6 Å². The van der Waals surface area contributed by atoms with Crippen molar-refractivity contribution in [1.29, 1.82) is 0 Å². The van der Waals surface area contributed by atoms with Crippen LogP contribution < -0.4 is 5.73 Å². The maximum absolute atomic E-state index is 10.4. The van der Waals surface area contributed by atoms with E-state index in [1.165, 1.54) is 6.08 Å². The number of aliphatic carboxylic acids is 1. The molecule has 0 aliphatic rings. The molecular formula is C12H12N2O3. The third-order valence-corrected chi connectivity index (χ3v) is 2.35. The number of carboxylic acids is 1. The molecule has 1 aromatic carbocycles. The van der Waals surface area contributed by atoms with Crippen molar-refractivity contribution in [2.45, 2.75) is 13.0 Å². The smallest absolute Gasteiger partial charge is 0.328 e. The van der Waals surface area contributed by atoms with Gasteiger partial charge in [-0.15, -0.1) is 0 Å². The number of hydrogen-bond acceptors (Lipinski definition) is 4. The number of rotatable bonds is 3. The second-order valence-electron chi connectivity index (χ2n) is 3.68. The average Bonchev–Trinajstić information content (AvgIpc) is 2.64. The van der Waals surface area contributed by atoms with Gasteiger partial charge in [0.2, 0.25) is 0 Å². The molecule has 2 aromatic rings. The van der Waals surface area contributed by atoms with Crippen molar-refractivity contribution >= 4 is 17.1 Å². The number of oxazole rings is 1. The number of aromatic nitrogens is 1. The highest BCUT2D eigenvalue weighted by molar-refractivity contribution is 5.80. The molecule has 0 amide bonds. The first kappa shape index (κ1) is 11.3. The highest BCUT2D eigenvalue weighted by Crippen LogP contribution is 2.20. The molecule has 0 aliphatic carbocycles. The molecule has 0 radical (unpaired) electrons. The topological polar surface area (TPSA) is 89.3 Å². The van der Waals surface area contributed by atoms with E-state index in [2.05, 4.69) is 4.98 Å². The molecule has 1 aromatic heterocycles. The Morgan fingerprint density at radius 3 is 3.06 bits per heavy atom. The van der Waals surface area contributed by atoms with Crippen LogP contribution >= 0.6 is 0 Å². The fraction of sp³-hybridized carbons (Fsp3) is 0.167. The molecule has 1 atom stereocenters. The summed E-state index contributed by atoms with van der Waals surface area (Å²) < 4.78 is 5.38. The van der Waals surface area contributed by atoms with E-state index in [-0.39, 0.29) is 0 Å². The van der Waals surface area contributed by atoms with E-state index in [1.54, 1.807) is 25.1 Å². The highest BCUT2D eigenvalue weighted by atomic mass is 16.4. The normalized spacial score (nSPS) is 13.3. The van der Waals surface area contributed by atoms with Gasteiger partial charge in [0.25, 0.3) is 0 Å². The molecule has 0 aliphatic heterocycles. The van der Waals surface area contributed by atoms with Crippen molar-refractivity contribution in [3.8, 4) is 0 Å². The van der Waals surface area contributed by atoms with Gasteiger partial charge in [0.1, 0.15) is 5.52 Å². The van der Waals surface area contributed by atoms with Crippen LogP contribution in [0.15, 0.2) is 34.8 Å².